The Bertz CT molecular complexity index is 473. The van der Waals surface area contributed by atoms with Gasteiger partial charge in [-0.2, -0.15) is 0 Å². The van der Waals surface area contributed by atoms with E-state index in [4.69, 9.17) is 0 Å². The van der Waals surface area contributed by atoms with Crippen LogP contribution in [0.1, 0.15) is 19.8 Å². The van der Waals surface area contributed by atoms with Gasteiger partial charge in [0.15, 0.2) is 0 Å². The smallest absolute Gasteiger partial charge is 0.229 e. The van der Waals surface area contributed by atoms with E-state index >= 15 is 0 Å². The molecule has 0 radical (unpaired) electrons. The van der Waals surface area contributed by atoms with Gasteiger partial charge in [-0.25, -0.2) is 0 Å². The molecule has 1 unspecified atom stereocenters. The summed E-state index contributed by atoms with van der Waals surface area (Å²) in [6.07, 6.45) is 1.73. The Hall–Kier alpha value is -1.36. The molecule has 1 fully saturated rings. The second-order valence-electron chi connectivity index (χ2n) is 4.80. The van der Waals surface area contributed by atoms with Crippen molar-refractivity contribution in [1.29, 1.82) is 0 Å². The van der Waals surface area contributed by atoms with Crippen LogP contribution in [0.4, 0.5) is 5.69 Å². The number of piperidine rings is 1. The summed E-state index contributed by atoms with van der Waals surface area (Å²) in [6, 6.07) is 7.48. The first-order valence-electron chi connectivity index (χ1n) is 6.38. The lowest BCUT2D eigenvalue weighted by Gasteiger charge is -2.31. The molecule has 0 saturated carbocycles. The summed E-state index contributed by atoms with van der Waals surface area (Å²) in [4.78, 5) is 25.3. The third kappa shape index (κ3) is 3.80. The van der Waals surface area contributed by atoms with Crippen LogP contribution in [-0.2, 0) is 9.59 Å². The lowest BCUT2D eigenvalue weighted by atomic mass is 9.97. The Kier molecular flexibility index (Phi) is 4.58. The molecule has 0 aromatic heterocycles. The zero-order valence-electron chi connectivity index (χ0n) is 10.9. The van der Waals surface area contributed by atoms with Crippen LogP contribution in [0.2, 0.25) is 0 Å². The highest BCUT2D eigenvalue weighted by molar-refractivity contribution is 9.10. The van der Waals surface area contributed by atoms with E-state index in [-0.39, 0.29) is 17.7 Å². The Morgan fingerprint density at radius 1 is 1.32 bits per heavy atom. The highest BCUT2D eigenvalue weighted by atomic mass is 79.9. The predicted molar refractivity (Wildman–Crippen MR) is 77.7 cm³/mol. The molecule has 19 heavy (non-hydrogen) atoms. The topological polar surface area (TPSA) is 49.4 Å². The first kappa shape index (κ1) is 14.1. The van der Waals surface area contributed by atoms with Gasteiger partial charge in [-0.3, -0.25) is 9.59 Å². The SMILES string of the molecule is CC(=O)N1CCCC(C(=O)Nc2ccc(Br)cc2)C1. The van der Waals surface area contributed by atoms with Crippen molar-refractivity contribution in [2.45, 2.75) is 19.8 Å². The first-order chi connectivity index (χ1) is 9.06. The van der Waals surface area contributed by atoms with E-state index < -0.39 is 0 Å². The van der Waals surface area contributed by atoms with Crippen molar-refractivity contribution < 1.29 is 9.59 Å². The highest BCUT2D eigenvalue weighted by Gasteiger charge is 2.26. The number of hydrogen-bond donors (Lipinski definition) is 1. The van der Waals surface area contributed by atoms with E-state index in [1.54, 1.807) is 11.8 Å². The molecule has 1 aromatic carbocycles. The van der Waals surface area contributed by atoms with Gasteiger partial charge in [-0.05, 0) is 37.1 Å². The molecule has 1 aliphatic heterocycles. The largest absolute Gasteiger partial charge is 0.342 e. The van der Waals surface area contributed by atoms with Crippen LogP contribution in [0.15, 0.2) is 28.7 Å². The summed E-state index contributed by atoms with van der Waals surface area (Å²) in [5.41, 5.74) is 0.785. The van der Waals surface area contributed by atoms with Gasteiger partial charge in [0, 0.05) is 30.2 Å². The maximum absolute atomic E-state index is 12.2. The molecule has 1 N–H and O–H groups in total. The molecule has 2 amide bonds. The van der Waals surface area contributed by atoms with Crippen LogP contribution in [0.3, 0.4) is 0 Å². The number of likely N-dealkylation sites (tertiary alicyclic amines) is 1. The van der Waals surface area contributed by atoms with Crippen molar-refractivity contribution >= 4 is 33.4 Å². The number of nitrogens with zero attached hydrogens (tertiary/aromatic N) is 1. The molecule has 1 aliphatic rings. The molecule has 0 aliphatic carbocycles. The summed E-state index contributed by atoms with van der Waals surface area (Å²) in [5, 5.41) is 2.90. The van der Waals surface area contributed by atoms with Gasteiger partial charge in [0.05, 0.1) is 5.92 Å². The minimum atomic E-state index is -0.110. The predicted octanol–water partition coefficient (Wildman–Crippen LogP) is 2.65. The Balaban J connectivity index is 1.96. The number of halogens is 1. The molecule has 1 saturated heterocycles. The maximum atomic E-state index is 12.2. The van der Waals surface area contributed by atoms with Gasteiger partial charge >= 0.3 is 0 Å². The lowest BCUT2D eigenvalue weighted by molar-refractivity contribution is -0.132. The van der Waals surface area contributed by atoms with Crippen molar-refractivity contribution in [3.8, 4) is 0 Å². The Morgan fingerprint density at radius 3 is 2.63 bits per heavy atom. The number of hydrogen-bond acceptors (Lipinski definition) is 2. The van der Waals surface area contributed by atoms with Crippen LogP contribution in [-0.4, -0.2) is 29.8 Å². The average molecular weight is 325 g/mol. The quantitative estimate of drug-likeness (QED) is 0.909. The number of rotatable bonds is 2. The molecular formula is C14H17BrN2O2. The number of nitrogens with one attached hydrogen (secondary N) is 1. The van der Waals surface area contributed by atoms with Crippen molar-refractivity contribution in [1.82, 2.24) is 4.90 Å². The van der Waals surface area contributed by atoms with E-state index in [1.807, 2.05) is 24.3 Å². The number of anilines is 1. The highest BCUT2D eigenvalue weighted by Crippen LogP contribution is 2.20. The van der Waals surface area contributed by atoms with Gasteiger partial charge in [-0.15, -0.1) is 0 Å². The summed E-state index contributed by atoms with van der Waals surface area (Å²) in [7, 11) is 0. The molecule has 1 aromatic rings. The van der Waals surface area contributed by atoms with Gasteiger partial charge < -0.3 is 10.2 Å². The minimum Gasteiger partial charge on any atom is -0.342 e. The van der Waals surface area contributed by atoms with E-state index in [0.717, 1.165) is 29.5 Å². The fourth-order valence-electron chi connectivity index (χ4n) is 2.25. The van der Waals surface area contributed by atoms with Crippen LogP contribution in [0.5, 0.6) is 0 Å². The van der Waals surface area contributed by atoms with E-state index in [2.05, 4.69) is 21.2 Å². The first-order valence-corrected chi connectivity index (χ1v) is 7.17. The normalized spacial score (nSPS) is 19.1. The van der Waals surface area contributed by atoms with Crippen LogP contribution >= 0.6 is 15.9 Å². The number of benzene rings is 1. The van der Waals surface area contributed by atoms with E-state index in [0.29, 0.717) is 6.54 Å². The second-order valence-corrected chi connectivity index (χ2v) is 5.72. The standard InChI is InChI=1S/C14H17BrN2O2/c1-10(18)17-8-2-3-11(9-17)14(19)16-13-6-4-12(15)5-7-13/h4-7,11H,2-3,8-9H2,1H3,(H,16,19). The van der Waals surface area contributed by atoms with E-state index in [1.165, 1.54) is 0 Å². The molecule has 1 heterocycles. The van der Waals surface area contributed by atoms with Crippen LogP contribution in [0, 0.1) is 5.92 Å². The fourth-order valence-corrected chi connectivity index (χ4v) is 2.52. The fraction of sp³-hybridized carbons (Fsp3) is 0.429. The Labute approximate surface area is 121 Å². The van der Waals surface area contributed by atoms with Crippen LogP contribution in [0.25, 0.3) is 0 Å². The molecule has 4 nitrogen and oxygen atoms in total. The van der Waals surface area contributed by atoms with Crippen molar-refractivity contribution in [3.63, 3.8) is 0 Å². The van der Waals surface area contributed by atoms with Gasteiger partial charge in [0.2, 0.25) is 11.8 Å². The van der Waals surface area contributed by atoms with Gasteiger partial charge in [0.1, 0.15) is 0 Å². The molecule has 2 rings (SSSR count). The second kappa shape index (κ2) is 6.19. The number of carbonyl (C=O) groups is 2. The maximum Gasteiger partial charge on any atom is 0.229 e. The molecule has 0 bridgehead atoms. The monoisotopic (exact) mass is 324 g/mol. The van der Waals surface area contributed by atoms with Crippen molar-refractivity contribution in [3.05, 3.63) is 28.7 Å². The van der Waals surface area contributed by atoms with Gasteiger partial charge in [-0.1, -0.05) is 15.9 Å². The van der Waals surface area contributed by atoms with Gasteiger partial charge in [0.25, 0.3) is 0 Å². The molecule has 1 atom stereocenters. The summed E-state index contributed by atoms with van der Waals surface area (Å²) >= 11 is 3.36. The summed E-state index contributed by atoms with van der Waals surface area (Å²) in [6.45, 7) is 2.84. The van der Waals surface area contributed by atoms with E-state index in [9.17, 15) is 9.59 Å². The number of carbonyl (C=O) groups excluding carboxylic acids is 2. The van der Waals surface area contributed by atoms with Crippen molar-refractivity contribution in [2.24, 2.45) is 5.92 Å². The molecule has 5 heteroatoms. The van der Waals surface area contributed by atoms with Crippen molar-refractivity contribution in [2.75, 3.05) is 18.4 Å². The average Bonchev–Trinajstić information content (AvgIpc) is 2.41. The minimum absolute atomic E-state index is 0.00623. The third-order valence-corrected chi connectivity index (χ3v) is 3.88. The summed E-state index contributed by atoms with van der Waals surface area (Å²) in [5.74, 6) is -0.0734. The lowest BCUT2D eigenvalue weighted by Crippen LogP contribution is -2.42. The summed E-state index contributed by atoms with van der Waals surface area (Å²) < 4.78 is 0.978. The molecule has 102 valence electrons. The zero-order valence-corrected chi connectivity index (χ0v) is 12.4. The Morgan fingerprint density at radius 2 is 2.00 bits per heavy atom. The third-order valence-electron chi connectivity index (χ3n) is 3.35. The molecular weight excluding hydrogens is 308 g/mol. The zero-order chi connectivity index (χ0) is 13.8. The number of amides is 2. The molecule has 0 spiro atoms. The van der Waals surface area contributed by atoms with Crippen LogP contribution < -0.4 is 5.32 Å².